The summed E-state index contributed by atoms with van der Waals surface area (Å²) >= 11 is 1.53. The quantitative estimate of drug-likeness (QED) is 0.415. The van der Waals surface area contributed by atoms with Crippen molar-refractivity contribution in [1.29, 1.82) is 0 Å². The van der Waals surface area contributed by atoms with Crippen molar-refractivity contribution in [1.82, 2.24) is 15.2 Å². The van der Waals surface area contributed by atoms with E-state index in [9.17, 15) is 0 Å². The van der Waals surface area contributed by atoms with E-state index in [4.69, 9.17) is 10.5 Å². The van der Waals surface area contributed by atoms with Crippen molar-refractivity contribution in [3.63, 3.8) is 0 Å². The molecule has 2 aromatic carbocycles. The summed E-state index contributed by atoms with van der Waals surface area (Å²) in [6, 6.07) is 16.5. The number of ether oxygens (including phenoxy) is 1. The molecule has 0 aliphatic heterocycles. The molecule has 3 N–H and O–H groups in total. The molecule has 0 aliphatic rings. The highest BCUT2D eigenvalue weighted by Crippen LogP contribution is 2.29. The summed E-state index contributed by atoms with van der Waals surface area (Å²) in [5.41, 5.74) is 8.25. The molecule has 0 bridgehead atoms. The summed E-state index contributed by atoms with van der Waals surface area (Å²) in [5.74, 6) is 0.898. The van der Waals surface area contributed by atoms with Gasteiger partial charge in [0.2, 0.25) is 5.13 Å². The summed E-state index contributed by atoms with van der Waals surface area (Å²) in [6.07, 6.45) is 5.44. The summed E-state index contributed by atoms with van der Waals surface area (Å²) in [6.45, 7) is 3.32. The second-order valence-electron chi connectivity index (χ2n) is 7.13. The Morgan fingerprint density at radius 2 is 2.03 bits per heavy atom. The first-order valence-electron chi connectivity index (χ1n) is 10.1. The maximum atomic E-state index is 6.02. The van der Waals surface area contributed by atoms with Crippen LogP contribution in [0, 0.1) is 0 Å². The Balaban J connectivity index is 1.45. The topological polar surface area (TPSA) is 86.0 Å². The summed E-state index contributed by atoms with van der Waals surface area (Å²) in [5, 5.41) is 16.0. The molecule has 1 unspecified atom stereocenters. The lowest BCUT2D eigenvalue weighted by Gasteiger charge is -2.16. The predicted octanol–water partition coefficient (Wildman–Crippen LogP) is 4.52. The Kier molecular flexibility index (Phi) is 6.51. The number of hydrogen-bond donors (Lipinski definition) is 2. The van der Waals surface area contributed by atoms with E-state index in [1.54, 1.807) is 6.20 Å². The zero-order valence-electron chi connectivity index (χ0n) is 16.9. The SMILES string of the molecule is CCCOc1cccc(CC(CN)Nc2nnc(-c3ccc4cnccc4c3)s2)c1. The van der Waals surface area contributed by atoms with Gasteiger partial charge in [0.25, 0.3) is 0 Å². The number of nitrogens with one attached hydrogen (secondary N) is 1. The van der Waals surface area contributed by atoms with Gasteiger partial charge >= 0.3 is 0 Å². The predicted molar refractivity (Wildman–Crippen MR) is 123 cm³/mol. The lowest BCUT2D eigenvalue weighted by Crippen LogP contribution is -2.31. The van der Waals surface area contributed by atoms with E-state index < -0.39 is 0 Å². The highest BCUT2D eigenvalue weighted by atomic mass is 32.1. The molecule has 1 atom stereocenters. The third-order valence-electron chi connectivity index (χ3n) is 4.78. The van der Waals surface area contributed by atoms with E-state index in [1.165, 1.54) is 16.9 Å². The van der Waals surface area contributed by atoms with Crippen LogP contribution in [0.2, 0.25) is 0 Å². The number of anilines is 1. The summed E-state index contributed by atoms with van der Waals surface area (Å²) in [7, 11) is 0. The number of fused-ring (bicyclic) bond motifs is 1. The van der Waals surface area contributed by atoms with Crippen LogP contribution in [0.4, 0.5) is 5.13 Å². The molecule has 0 saturated heterocycles. The molecular formula is C23H25N5OS. The van der Waals surface area contributed by atoms with Gasteiger partial charge in [-0.1, -0.05) is 42.5 Å². The molecule has 0 radical (unpaired) electrons. The molecule has 2 heterocycles. The minimum Gasteiger partial charge on any atom is -0.494 e. The van der Waals surface area contributed by atoms with Crippen LogP contribution in [-0.4, -0.2) is 34.4 Å². The van der Waals surface area contributed by atoms with Crippen molar-refractivity contribution in [2.75, 3.05) is 18.5 Å². The van der Waals surface area contributed by atoms with Crippen molar-refractivity contribution in [2.45, 2.75) is 25.8 Å². The van der Waals surface area contributed by atoms with Crippen LogP contribution in [0.3, 0.4) is 0 Å². The zero-order valence-corrected chi connectivity index (χ0v) is 17.7. The van der Waals surface area contributed by atoms with Crippen molar-refractivity contribution < 1.29 is 4.74 Å². The molecule has 7 heteroatoms. The lowest BCUT2D eigenvalue weighted by atomic mass is 10.1. The van der Waals surface area contributed by atoms with Gasteiger partial charge < -0.3 is 15.8 Å². The Labute approximate surface area is 180 Å². The number of aromatic nitrogens is 3. The highest BCUT2D eigenvalue weighted by Gasteiger charge is 2.13. The van der Waals surface area contributed by atoms with E-state index in [2.05, 4.69) is 57.8 Å². The Morgan fingerprint density at radius 1 is 1.10 bits per heavy atom. The first-order valence-corrected chi connectivity index (χ1v) is 10.9. The van der Waals surface area contributed by atoms with Gasteiger partial charge in [-0.05, 0) is 48.1 Å². The van der Waals surface area contributed by atoms with Gasteiger partial charge in [-0.2, -0.15) is 0 Å². The van der Waals surface area contributed by atoms with Gasteiger partial charge in [0.05, 0.1) is 6.61 Å². The van der Waals surface area contributed by atoms with E-state index in [0.717, 1.165) is 51.7 Å². The second-order valence-corrected chi connectivity index (χ2v) is 8.10. The zero-order chi connectivity index (χ0) is 20.8. The molecule has 30 heavy (non-hydrogen) atoms. The standard InChI is InChI=1S/C23H25N5OS/c1-2-10-29-21-5-3-4-16(12-21)11-20(14-24)26-23-28-27-22(30-23)18-6-7-19-15-25-9-8-17(19)13-18/h3-9,12-13,15,20H,2,10-11,14,24H2,1H3,(H,26,28). The molecule has 0 amide bonds. The fraction of sp³-hybridized carbons (Fsp3) is 0.261. The Hall–Kier alpha value is -3.03. The van der Waals surface area contributed by atoms with Crippen LogP contribution in [0.15, 0.2) is 60.9 Å². The number of nitrogens with zero attached hydrogens (tertiary/aromatic N) is 3. The van der Waals surface area contributed by atoms with Crippen LogP contribution in [0.1, 0.15) is 18.9 Å². The van der Waals surface area contributed by atoms with Crippen LogP contribution >= 0.6 is 11.3 Å². The monoisotopic (exact) mass is 419 g/mol. The number of rotatable bonds is 9. The smallest absolute Gasteiger partial charge is 0.206 e. The van der Waals surface area contributed by atoms with Crippen molar-refractivity contribution in [3.8, 4) is 16.3 Å². The first kappa shape index (κ1) is 20.3. The van der Waals surface area contributed by atoms with Gasteiger partial charge in [-0.15, -0.1) is 10.2 Å². The second kappa shape index (κ2) is 9.65. The van der Waals surface area contributed by atoms with Crippen LogP contribution < -0.4 is 15.8 Å². The van der Waals surface area contributed by atoms with Gasteiger partial charge in [0.1, 0.15) is 10.8 Å². The maximum absolute atomic E-state index is 6.02. The molecule has 6 nitrogen and oxygen atoms in total. The van der Waals surface area contributed by atoms with E-state index in [-0.39, 0.29) is 6.04 Å². The summed E-state index contributed by atoms with van der Waals surface area (Å²) in [4.78, 5) is 4.16. The average molecular weight is 420 g/mol. The van der Waals surface area contributed by atoms with E-state index >= 15 is 0 Å². The first-order chi connectivity index (χ1) is 14.7. The molecular weight excluding hydrogens is 394 g/mol. The molecule has 2 aromatic heterocycles. The average Bonchev–Trinajstić information content (AvgIpc) is 3.25. The third kappa shape index (κ3) is 4.93. The molecule has 4 rings (SSSR count). The maximum Gasteiger partial charge on any atom is 0.206 e. The number of hydrogen-bond acceptors (Lipinski definition) is 7. The van der Waals surface area contributed by atoms with Crippen molar-refractivity contribution in [3.05, 3.63) is 66.5 Å². The number of benzene rings is 2. The molecule has 0 spiro atoms. The van der Waals surface area contributed by atoms with Gasteiger partial charge in [0, 0.05) is 35.9 Å². The minimum absolute atomic E-state index is 0.0647. The van der Waals surface area contributed by atoms with Crippen molar-refractivity contribution >= 4 is 27.2 Å². The van der Waals surface area contributed by atoms with Crippen LogP contribution in [0.5, 0.6) is 5.75 Å². The van der Waals surface area contributed by atoms with Crippen LogP contribution in [0.25, 0.3) is 21.3 Å². The molecule has 0 saturated carbocycles. The van der Waals surface area contributed by atoms with Gasteiger partial charge in [-0.3, -0.25) is 4.98 Å². The van der Waals surface area contributed by atoms with E-state index in [1.807, 2.05) is 24.4 Å². The Morgan fingerprint density at radius 3 is 2.90 bits per heavy atom. The normalized spacial score (nSPS) is 12.1. The highest BCUT2D eigenvalue weighted by molar-refractivity contribution is 7.18. The fourth-order valence-corrected chi connectivity index (χ4v) is 4.07. The molecule has 0 fully saturated rings. The third-order valence-corrected chi connectivity index (χ3v) is 5.68. The minimum atomic E-state index is 0.0647. The van der Waals surface area contributed by atoms with E-state index in [0.29, 0.717) is 6.54 Å². The fourth-order valence-electron chi connectivity index (χ4n) is 3.25. The van der Waals surface area contributed by atoms with Crippen LogP contribution in [-0.2, 0) is 6.42 Å². The van der Waals surface area contributed by atoms with Gasteiger partial charge in [0.15, 0.2) is 0 Å². The molecule has 0 aliphatic carbocycles. The molecule has 154 valence electrons. The Bertz CT molecular complexity index is 1110. The largest absolute Gasteiger partial charge is 0.494 e. The number of nitrogens with two attached hydrogens (primary N) is 1. The lowest BCUT2D eigenvalue weighted by molar-refractivity contribution is 0.317. The number of pyridine rings is 1. The molecule has 4 aromatic rings. The summed E-state index contributed by atoms with van der Waals surface area (Å²) < 4.78 is 5.74. The van der Waals surface area contributed by atoms with Gasteiger partial charge in [-0.25, -0.2) is 0 Å². The van der Waals surface area contributed by atoms with Crippen molar-refractivity contribution in [2.24, 2.45) is 5.73 Å².